The van der Waals surface area contributed by atoms with Crippen LogP contribution < -0.4 is 0 Å². The first-order chi connectivity index (χ1) is 14.9. The van der Waals surface area contributed by atoms with Crippen LogP contribution in [0.4, 0.5) is 22.4 Å². The molecular weight excluding hydrogens is 414 g/mol. The van der Waals surface area contributed by atoms with Crippen LogP contribution in [0.3, 0.4) is 0 Å². The predicted octanol–water partition coefficient (Wildman–Crippen LogP) is 5.40. The summed E-state index contributed by atoms with van der Waals surface area (Å²) in [6.45, 7) is 0.108. The minimum absolute atomic E-state index is 0.0848. The highest BCUT2D eigenvalue weighted by atomic mass is 19.2. The molecule has 0 aromatic heterocycles. The average Bonchev–Trinajstić information content (AvgIpc) is 2.76. The van der Waals surface area contributed by atoms with Crippen molar-refractivity contribution in [2.24, 2.45) is 5.92 Å². The van der Waals surface area contributed by atoms with Crippen molar-refractivity contribution in [3.8, 4) is 0 Å². The first kappa shape index (κ1) is 21.3. The second-order valence-electron chi connectivity index (χ2n) is 8.06. The third-order valence-electron chi connectivity index (χ3n) is 6.12. The van der Waals surface area contributed by atoms with Gasteiger partial charge in [-0.05, 0) is 37.7 Å². The summed E-state index contributed by atoms with van der Waals surface area (Å²) in [5, 5.41) is 0. The van der Waals surface area contributed by atoms with Gasteiger partial charge < -0.3 is 9.64 Å². The van der Waals surface area contributed by atoms with Crippen molar-refractivity contribution in [2.75, 3.05) is 0 Å². The van der Waals surface area contributed by atoms with Crippen LogP contribution in [0.25, 0.3) is 0 Å². The number of fused-ring (bicyclic) bond motifs is 2. The Balaban J connectivity index is 1.50. The van der Waals surface area contributed by atoms with Gasteiger partial charge in [-0.15, -0.1) is 0 Å². The van der Waals surface area contributed by atoms with Gasteiger partial charge >= 0.3 is 6.09 Å². The maximum Gasteiger partial charge on any atom is 0.410 e. The zero-order valence-corrected chi connectivity index (χ0v) is 16.6. The van der Waals surface area contributed by atoms with E-state index in [1.165, 1.54) is 0 Å². The number of halogens is 4. The lowest BCUT2D eigenvalue weighted by atomic mass is 9.75. The third-order valence-corrected chi connectivity index (χ3v) is 6.12. The van der Waals surface area contributed by atoms with E-state index in [0.29, 0.717) is 12.8 Å². The van der Waals surface area contributed by atoms with Gasteiger partial charge in [-0.1, -0.05) is 30.3 Å². The molecule has 2 aliphatic rings. The molecule has 2 unspecified atom stereocenters. The molecule has 2 saturated heterocycles. The highest BCUT2D eigenvalue weighted by molar-refractivity contribution is 5.98. The highest BCUT2D eigenvalue weighted by Crippen LogP contribution is 2.39. The number of rotatable bonds is 4. The number of hydrogen-bond donors (Lipinski definition) is 0. The zero-order chi connectivity index (χ0) is 22.1. The molecule has 4 rings (SSSR count). The van der Waals surface area contributed by atoms with E-state index in [1.807, 2.05) is 30.3 Å². The SMILES string of the molecule is O=C(c1c(F)c(F)cc(F)c1F)C1CC2CCCC(C1)N2C(=O)OCc1ccccc1. The third kappa shape index (κ3) is 4.16. The van der Waals surface area contributed by atoms with E-state index >= 15 is 0 Å². The topological polar surface area (TPSA) is 46.6 Å². The van der Waals surface area contributed by atoms with Crippen molar-refractivity contribution in [3.05, 3.63) is 70.8 Å². The van der Waals surface area contributed by atoms with Gasteiger partial charge in [0.1, 0.15) is 6.61 Å². The number of carbonyl (C=O) groups excluding carboxylic acids is 2. The molecule has 1 amide bonds. The standard InChI is InChI=1S/C23H21F4NO3/c24-17-11-18(25)21(27)19(20(17)26)22(29)14-9-15-7-4-8-16(10-14)28(15)23(30)31-12-13-5-2-1-3-6-13/h1-3,5-6,11,14-16H,4,7-10,12H2. The summed E-state index contributed by atoms with van der Waals surface area (Å²) < 4.78 is 60.8. The number of ketones is 1. The summed E-state index contributed by atoms with van der Waals surface area (Å²) in [7, 11) is 0. The Morgan fingerprint density at radius 2 is 1.52 bits per heavy atom. The van der Waals surface area contributed by atoms with E-state index in [1.54, 1.807) is 4.90 Å². The lowest BCUT2D eigenvalue weighted by Crippen LogP contribution is -2.55. The Kier molecular flexibility index (Phi) is 5.98. The number of amides is 1. The fourth-order valence-corrected chi connectivity index (χ4v) is 4.68. The van der Waals surface area contributed by atoms with Crippen LogP contribution in [0.5, 0.6) is 0 Å². The van der Waals surface area contributed by atoms with Gasteiger partial charge in [0.2, 0.25) is 0 Å². The lowest BCUT2D eigenvalue weighted by molar-refractivity contribution is 0.00452. The number of hydrogen-bond acceptors (Lipinski definition) is 3. The van der Waals surface area contributed by atoms with Crippen LogP contribution in [0.1, 0.15) is 48.0 Å². The van der Waals surface area contributed by atoms with E-state index in [0.717, 1.165) is 12.0 Å². The van der Waals surface area contributed by atoms with Crippen LogP contribution in [-0.2, 0) is 11.3 Å². The summed E-state index contributed by atoms with van der Waals surface area (Å²) in [6, 6.07) is 8.60. The van der Waals surface area contributed by atoms with Gasteiger partial charge in [-0.25, -0.2) is 22.4 Å². The Bertz CT molecular complexity index is 958. The minimum atomic E-state index is -1.68. The zero-order valence-electron chi connectivity index (χ0n) is 16.6. The molecule has 2 atom stereocenters. The smallest absolute Gasteiger partial charge is 0.410 e. The Morgan fingerprint density at radius 1 is 0.935 bits per heavy atom. The van der Waals surface area contributed by atoms with Crippen molar-refractivity contribution in [2.45, 2.75) is 50.8 Å². The highest BCUT2D eigenvalue weighted by Gasteiger charge is 2.45. The number of ether oxygens (including phenoxy) is 1. The molecular formula is C23H21F4NO3. The molecule has 2 aromatic carbocycles. The number of piperidine rings is 2. The molecule has 0 saturated carbocycles. The summed E-state index contributed by atoms with van der Waals surface area (Å²) in [4.78, 5) is 27.2. The molecule has 164 valence electrons. The Morgan fingerprint density at radius 3 is 2.10 bits per heavy atom. The van der Waals surface area contributed by atoms with E-state index < -0.39 is 46.6 Å². The number of nitrogens with zero attached hydrogens (tertiary/aromatic N) is 1. The summed E-state index contributed by atoms with van der Waals surface area (Å²) in [5.41, 5.74) is -0.342. The number of benzene rings is 2. The summed E-state index contributed by atoms with van der Waals surface area (Å²) in [6.07, 6.45) is 1.89. The molecule has 4 nitrogen and oxygen atoms in total. The Labute approximate surface area is 176 Å². The fourth-order valence-electron chi connectivity index (χ4n) is 4.68. The molecule has 0 N–H and O–H groups in total. The first-order valence-corrected chi connectivity index (χ1v) is 10.2. The van der Waals surface area contributed by atoms with Crippen molar-refractivity contribution in [1.29, 1.82) is 0 Å². The molecule has 0 spiro atoms. The second-order valence-corrected chi connectivity index (χ2v) is 8.06. The van der Waals surface area contributed by atoms with Crippen molar-refractivity contribution >= 4 is 11.9 Å². The van der Waals surface area contributed by atoms with E-state index in [2.05, 4.69) is 0 Å². The fraction of sp³-hybridized carbons (Fsp3) is 0.391. The van der Waals surface area contributed by atoms with Gasteiger partial charge in [0, 0.05) is 24.1 Å². The largest absolute Gasteiger partial charge is 0.445 e. The van der Waals surface area contributed by atoms with Crippen LogP contribution in [0, 0.1) is 29.2 Å². The second kappa shape index (κ2) is 8.69. The van der Waals surface area contributed by atoms with E-state index in [9.17, 15) is 27.2 Å². The predicted molar refractivity (Wildman–Crippen MR) is 103 cm³/mol. The van der Waals surface area contributed by atoms with Gasteiger partial charge in [-0.3, -0.25) is 4.79 Å². The van der Waals surface area contributed by atoms with E-state index in [-0.39, 0.29) is 37.6 Å². The van der Waals surface area contributed by atoms with Crippen LogP contribution in [0.15, 0.2) is 36.4 Å². The summed E-state index contributed by atoms with van der Waals surface area (Å²) >= 11 is 0. The molecule has 2 aromatic rings. The van der Waals surface area contributed by atoms with Crippen molar-refractivity contribution < 1.29 is 31.9 Å². The molecule has 0 radical (unpaired) electrons. The molecule has 0 aliphatic carbocycles. The number of Topliss-reactive ketones (excluding diaryl/α,β-unsaturated/α-hetero) is 1. The van der Waals surface area contributed by atoms with Crippen LogP contribution in [0.2, 0.25) is 0 Å². The first-order valence-electron chi connectivity index (χ1n) is 10.2. The normalized spacial score (nSPS) is 22.8. The van der Waals surface area contributed by atoms with Crippen molar-refractivity contribution in [3.63, 3.8) is 0 Å². The molecule has 2 heterocycles. The van der Waals surface area contributed by atoms with Gasteiger partial charge in [0.15, 0.2) is 29.1 Å². The molecule has 2 aliphatic heterocycles. The summed E-state index contributed by atoms with van der Waals surface area (Å²) in [5.74, 6) is -8.38. The van der Waals surface area contributed by atoms with Gasteiger partial charge in [-0.2, -0.15) is 0 Å². The average molecular weight is 435 g/mol. The number of carbonyl (C=O) groups is 2. The van der Waals surface area contributed by atoms with E-state index in [4.69, 9.17) is 4.74 Å². The van der Waals surface area contributed by atoms with Gasteiger partial charge in [0.25, 0.3) is 0 Å². The maximum atomic E-state index is 14.1. The maximum absolute atomic E-state index is 14.1. The van der Waals surface area contributed by atoms with Crippen LogP contribution in [-0.4, -0.2) is 28.9 Å². The minimum Gasteiger partial charge on any atom is -0.445 e. The Hall–Kier alpha value is -2.90. The quantitative estimate of drug-likeness (QED) is 0.367. The lowest BCUT2D eigenvalue weighted by Gasteiger charge is -2.47. The monoisotopic (exact) mass is 435 g/mol. The molecule has 31 heavy (non-hydrogen) atoms. The van der Waals surface area contributed by atoms with Crippen LogP contribution >= 0.6 is 0 Å². The molecule has 2 fully saturated rings. The molecule has 2 bridgehead atoms. The van der Waals surface area contributed by atoms with Gasteiger partial charge in [0.05, 0.1) is 5.56 Å². The molecule has 8 heteroatoms. The van der Waals surface area contributed by atoms with Crippen molar-refractivity contribution in [1.82, 2.24) is 4.90 Å².